The molecule has 0 saturated carbocycles. The fraction of sp³-hybridized carbons (Fsp3) is 0.381. The number of nitrogens with zero attached hydrogens (tertiary/aromatic N) is 1. The number of para-hydroxylation sites is 1. The molecule has 2 N–H and O–H groups in total. The number of amides is 1. The number of likely N-dealkylation sites (N-methyl/N-ethyl adjacent to an activating group) is 1. The SMILES string of the molecule is CC(C)C(N)CCN(C)C(=O)COc1ccccc1-c1ccccc1. The van der Waals surface area contributed by atoms with E-state index in [0.717, 1.165) is 17.5 Å². The van der Waals surface area contributed by atoms with Gasteiger partial charge in [-0.15, -0.1) is 0 Å². The van der Waals surface area contributed by atoms with E-state index in [-0.39, 0.29) is 18.6 Å². The largest absolute Gasteiger partial charge is 0.483 e. The van der Waals surface area contributed by atoms with Crippen LogP contribution in [0, 0.1) is 5.92 Å². The van der Waals surface area contributed by atoms with Crippen LogP contribution in [0.2, 0.25) is 0 Å². The normalized spacial score (nSPS) is 12.0. The summed E-state index contributed by atoms with van der Waals surface area (Å²) in [4.78, 5) is 14.0. The molecule has 0 saturated heterocycles. The standard InChI is InChI=1S/C21H28N2O2/c1-16(2)19(22)13-14-23(3)21(24)15-25-20-12-8-7-11-18(20)17-9-5-4-6-10-17/h4-12,16,19H,13-15,22H2,1-3H3. The summed E-state index contributed by atoms with van der Waals surface area (Å²) in [7, 11) is 1.79. The van der Waals surface area contributed by atoms with Crippen molar-refractivity contribution >= 4 is 5.91 Å². The van der Waals surface area contributed by atoms with Crippen molar-refractivity contribution in [3.8, 4) is 16.9 Å². The number of carbonyl (C=O) groups is 1. The Kier molecular flexibility index (Phi) is 7.02. The number of rotatable bonds is 8. The summed E-state index contributed by atoms with van der Waals surface area (Å²) in [6.45, 7) is 4.85. The van der Waals surface area contributed by atoms with Crippen LogP contribution >= 0.6 is 0 Å². The van der Waals surface area contributed by atoms with Crippen LogP contribution in [-0.2, 0) is 4.79 Å². The molecule has 0 aliphatic heterocycles. The summed E-state index contributed by atoms with van der Waals surface area (Å²) < 4.78 is 5.81. The third kappa shape index (κ3) is 5.61. The molecule has 2 aromatic carbocycles. The second kappa shape index (κ2) is 9.23. The average molecular weight is 340 g/mol. The van der Waals surface area contributed by atoms with Crippen LogP contribution in [0.15, 0.2) is 54.6 Å². The third-order valence-electron chi connectivity index (χ3n) is 4.40. The summed E-state index contributed by atoms with van der Waals surface area (Å²) in [5.41, 5.74) is 8.10. The van der Waals surface area contributed by atoms with Crippen LogP contribution in [0.3, 0.4) is 0 Å². The van der Waals surface area contributed by atoms with Gasteiger partial charge in [-0.1, -0.05) is 62.4 Å². The summed E-state index contributed by atoms with van der Waals surface area (Å²) in [6, 6.07) is 17.9. The van der Waals surface area contributed by atoms with E-state index >= 15 is 0 Å². The maximum atomic E-state index is 12.3. The molecule has 0 radical (unpaired) electrons. The van der Waals surface area contributed by atoms with E-state index in [0.29, 0.717) is 18.2 Å². The molecule has 4 heteroatoms. The Labute approximate surface area is 150 Å². The van der Waals surface area contributed by atoms with Gasteiger partial charge in [0.15, 0.2) is 6.61 Å². The topological polar surface area (TPSA) is 55.6 Å². The van der Waals surface area contributed by atoms with Gasteiger partial charge in [-0.2, -0.15) is 0 Å². The van der Waals surface area contributed by atoms with Crippen molar-refractivity contribution in [3.05, 3.63) is 54.6 Å². The molecule has 4 nitrogen and oxygen atoms in total. The van der Waals surface area contributed by atoms with Crippen molar-refractivity contribution in [2.75, 3.05) is 20.2 Å². The fourth-order valence-electron chi connectivity index (χ4n) is 2.50. The maximum absolute atomic E-state index is 12.3. The minimum absolute atomic E-state index is 0.0251. The van der Waals surface area contributed by atoms with E-state index in [4.69, 9.17) is 10.5 Å². The Hall–Kier alpha value is -2.33. The van der Waals surface area contributed by atoms with Crippen LogP contribution < -0.4 is 10.5 Å². The van der Waals surface area contributed by atoms with Gasteiger partial charge in [0, 0.05) is 25.2 Å². The maximum Gasteiger partial charge on any atom is 0.260 e. The van der Waals surface area contributed by atoms with Gasteiger partial charge in [0.1, 0.15) is 5.75 Å². The number of carbonyl (C=O) groups excluding carboxylic acids is 1. The lowest BCUT2D eigenvalue weighted by Gasteiger charge is -2.22. The van der Waals surface area contributed by atoms with Crippen LogP contribution in [-0.4, -0.2) is 37.0 Å². The van der Waals surface area contributed by atoms with E-state index in [1.165, 1.54) is 0 Å². The second-order valence-electron chi connectivity index (χ2n) is 6.66. The first-order valence-electron chi connectivity index (χ1n) is 8.76. The van der Waals surface area contributed by atoms with Crippen molar-refractivity contribution < 1.29 is 9.53 Å². The summed E-state index contributed by atoms with van der Waals surface area (Å²) >= 11 is 0. The zero-order valence-corrected chi connectivity index (χ0v) is 15.3. The van der Waals surface area contributed by atoms with Crippen molar-refractivity contribution in [1.82, 2.24) is 4.90 Å². The Bertz CT molecular complexity index is 671. The molecule has 2 rings (SSSR count). The molecule has 2 aromatic rings. The zero-order valence-electron chi connectivity index (χ0n) is 15.3. The van der Waals surface area contributed by atoms with E-state index in [9.17, 15) is 4.79 Å². The first-order valence-corrected chi connectivity index (χ1v) is 8.76. The highest BCUT2D eigenvalue weighted by molar-refractivity contribution is 5.78. The van der Waals surface area contributed by atoms with E-state index in [1.54, 1.807) is 11.9 Å². The molecule has 0 spiro atoms. The van der Waals surface area contributed by atoms with E-state index in [2.05, 4.69) is 13.8 Å². The Morgan fingerprint density at radius 3 is 2.40 bits per heavy atom. The van der Waals surface area contributed by atoms with Gasteiger partial charge in [-0.05, 0) is 24.0 Å². The molecule has 0 aliphatic rings. The Morgan fingerprint density at radius 1 is 1.08 bits per heavy atom. The number of benzene rings is 2. The number of ether oxygens (including phenoxy) is 1. The first kappa shape index (κ1) is 19.0. The van der Waals surface area contributed by atoms with Gasteiger partial charge in [-0.25, -0.2) is 0 Å². The molecule has 25 heavy (non-hydrogen) atoms. The highest BCUT2D eigenvalue weighted by Gasteiger charge is 2.14. The van der Waals surface area contributed by atoms with Crippen molar-refractivity contribution in [1.29, 1.82) is 0 Å². The highest BCUT2D eigenvalue weighted by Crippen LogP contribution is 2.29. The van der Waals surface area contributed by atoms with Gasteiger partial charge < -0.3 is 15.4 Å². The minimum atomic E-state index is -0.0428. The fourth-order valence-corrected chi connectivity index (χ4v) is 2.50. The number of nitrogens with two attached hydrogens (primary N) is 1. The highest BCUT2D eigenvalue weighted by atomic mass is 16.5. The molecule has 0 heterocycles. The predicted octanol–water partition coefficient (Wildman–Crippen LogP) is 3.56. The molecule has 1 amide bonds. The third-order valence-corrected chi connectivity index (χ3v) is 4.40. The lowest BCUT2D eigenvalue weighted by molar-refractivity contribution is -0.132. The average Bonchev–Trinajstić information content (AvgIpc) is 2.64. The van der Waals surface area contributed by atoms with Crippen LogP contribution in [0.4, 0.5) is 0 Å². The molecule has 1 atom stereocenters. The monoisotopic (exact) mass is 340 g/mol. The molecular formula is C21H28N2O2. The lowest BCUT2D eigenvalue weighted by atomic mass is 10.0. The molecule has 0 aromatic heterocycles. The van der Waals surface area contributed by atoms with Crippen molar-refractivity contribution in [2.45, 2.75) is 26.3 Å². The number of hydrogen-bond donors (Lipinski definition) is 1. The second-order valence-corrected chi connectivity index (χ2v) is 6.66. The molecule has 0 fully saturated rings. The van der Waals surface area contributed by atoms with Gasteiger partial charge in [0.2, 0.25) is 0 Å². The summed E-state index contributed by atoms with van der Waals surface area (Å²) in [6.07, 6.45) is 0.792. The summed E-state index contributed by atoms with van der Waals surface area (Å²) in [5.74, 6) is 1.09. The predicted molar refractivity (Wildman–Crippen MR) is 102 cm³/mol. The van der Waals surface area contributed by atoms with Crippen LogP contribution in [0.5, 0.6) is 5.75 Å². The number of hydrogen-bond acceptors (Lipinski definition) is 3. The van der Waals surface area contributed by atoms with Gasteiger partial charge >= 0.3 is 0 Å². The molecule has 134 valence electrons. The smallest absolute Gasteiger partial charge is 0.260 e. The Morgan fingerprint density at radius 2 is 1.72 bits per heavy atom. The first-order chi connectivity index (χ1) is 12.0. The molecule has 0 aliphatic carbocycles. The van der Waals surface area contributed by atoms with Gasteiger partial charge in [0.25, 0.3) is 5.91 Å². The van der Waals surface area contributed by atoms with Crippen molar-refractivity contribution in [3.63, 3.8) is 0 Å². The zero-order chi connectivity index (χ0) is 18.2. The van der Waals surface area contributed by atoms with Gasteiger partial charge in [0.05, 0.1) is 0 Å². The lowest BCUT2D eigenvalue weighted by Crippen LogP contribution is -2.36. The van der Waals surface area contributed by atoms with Gasteiger partial charge in [-0.3, -0.25) is 4.79 Å². The van der Waals surface area contributed by atoms with E-state index in [1.807, 2.05) is 54.6 Å². The molecule has 1 unspecified atom stereocenters. The molecular weight excluding hydrogens is 312 g/mol. The quantitative estimate of drug-likeness (QED) is 0.799. The van der Waals surface area contributed by atoms with Crippen molar-refractivity contribution in [2.24, 2.45) is 11.7 Å². The molecule has 0 bridgehead atoms. The van der Waals surface area contributed by atoms with Crippen LogP contribution in [0.1, 0.15) is 20.3 Å². The van der Waals surface area contributed by atoms with Crippen LogP contribution in [0.25, 0.3) is 11.1 Å². The Balaban J connectivity index is 1.94. The minimum Gasteiger partial charge on any atom is -0.483 e. The summed E-state index contributed by atoms with van der Waals surface area (Å²) in [5, 5.41) is 0. The van der Waals surface area contributed by atoms with E-state index < -0.39 is 0 Å².